The highest BCUT2D eigenvalue weighted by molar-refractivity contribution is 7.16. The van der Waals surface area contributed by atoms with Crippen molar-refractivity contribution in [1.82, 2.24) is 20.4 Å². The van der Waals surface area contributed by atoms with E-state index < -0.39 is 10.9 Å². The lowest BCUT2D eigenvalue weighted by Gasteiger charge is -1.88. The summed E-state index contributed by atoms with van der Waals surface area (Å²) in [6.45, 7) is 0. The summed E-state index contributed by atoms with van der Waals surface area (Å²) in [7, 11) is 0. The van der Waals surface area contributed by atoms with Gasteiger partial charge >= 0.3 is 5.95 Å². The van der Waals surface area contributed by atoms with Gasteiger partial charge in [0.2, 0.25) is 5.82 Å². The first kappa shape index (κ1) is 11.1. The monoisotopic (exact) mass is 250 g/mol. The summed E-state index contributed by atoms with van der Waals surface area (Å²) >= 11 is 1.40. The van der Waals surface area contributed by atoms with E-state index in [4.69, 9.17) is 5.73 Å². The SMILES string of the molecule is Nc1ccc(/C=C/c2nnc([N+](=O)[O-])nn2)s1. The van der Waals surface area contributed by atoms with Crippen LogP contribution < -0.4 is 5.73 Å². The molecule has 2 heterocycles. The highest BCUT2D eigenvalue weighted by Gasteiger charge is 2.10. The summed E-state index contributed by atoms with van der Waals surface area (Å²) in [5, 5.41) is 24.7. The van der Waals surface area contributed by atoms with Crippen LogP contribution >= 0.6 is 11.3 Å². The second-order valence-corrected chi connectivity index (χ2v) is 4.04. The van der Waals surface area contributed by atoms with Gasteiger partial charge in [-0.05, 0) is 39.4 Å². The molecule has 0 bridgehead atoms. The predicted octanol–water partition coefficient (Wildman–Crippen LogP) is 0.989. The summed E-state index contributed by atoms with van der Waals surface area (Å²) in [6.07, 6.45) is 3.28. The quantitative estimate of drug-likeness (QED) is 0.636. The summed E-state index contributed by atoms with van der Waals surface area (Å²) in [5.41, 5.74) is 5.55. The van der Waals surface area contributed by atoms with Crippen LogP contribution in [0.15, 0.2) is 12.1 Å². The van der Waals surface area contributed by atoms with E-state index in [9.17, 15) is 10.1 Å². The number of nitrogens with zero attached hydrogens (tertiary/aromatic N) is 5. The van der Waals surface area contributed by atoms with E-state index in [-0.39, 0.29) is 5.82 Å². The van der Waals surface area contributed by atoms with Crippen molar-refractivity contribution in [3.63, 3.8) is 0 Å². The fraction of sp³-hybridized carbons (Fsp3) is 0. The molecule has 0 saturated heterocycles. The zero-order valence-corrected chi connectivity index (χ0v) is 9.16. The maximum Gasteiger partial charge on any atom is 0.513 e. The van der Waals surface area contributed by atoms with Gasteiger partial charge in [-0.2, -0.15) is 0 Å². The molecule has 0 amide bonds. The average Bonchev–Trinajstić information content (AvgIpc) is 2.73. The third-order valence-electron chi connectivity index (χ3n) is 1.69. The Balaban J connectivity index is 2.13. The Morgan fingerprint density at radius 2 is 1.94 bits per heavy atom. The number of hydrogen-bond donors (Lipinski definition) is 1. The maximum atomic E-state index is 10.3. The standard InChI is InChI=1S/C8H6N6O2S/c9-6-3-1-5(17-6)2-4-7-10-12-8(13-11-7)14(15)16/h1-4H,9H2/b4-2+. The molecule has 8 nitrogen and oxygen atoms in total. The zero-order chi connectivity index (χ0) is 12.3. The van der Waals surface area contributed by atoms with Gasteiger partial charge < -0.3 is 15.8 Å². The normalized spacial score (nSPS) is 10.8. The molecule has 2 aromatic rings. The van der Waals surface area contributed by atoms with Crippen LogP contribution in [0.25, 0.3) is 12.2 Å². The molecule has 9 heteroatoms. The van der Waals surface area contributed by atoms with E-state index >= 15 is 0 Å². The summed E-state index contributed by atoms with van der Waals surface area (Å²) in [4.78, 5) is 10.4. The molecular formula is C8H6N6O2S. The number of nitrogens with two attached hydrogens (primary N) is 1. The average molecular weight is 250 g/mol. The lowest BCUT2D eigenvalue weighted by Crippen LogP contribution is -2.02. The summed E-state index contributed by atoms with van der Waals surface area (Å²) < 4.78 is 0. The molecule has 0 saturated carbocycles. The largest absolute Gasteiger partial charge is 0.513 e. The van der Waals surface area contributed by atoms with Gasteiger partial charge in [-0.3, -0.25) is 0 Å². The molecule has 0 spiro atoms. The van der Waals surface area contributed by atoms with Crippen molar-refractivity contribution < 1.29 is 4.92 Å². The van der Waals surface area contributed by atoms with Gasteiger partial charge in [0.15, 0.2) is 0 Å². The smallest absolute Gasteiger partial charge is 0.391 e. The molecule has 0 radical (unpaired) electrons. The Labute approximate surface area is 99.0 Å². The van der Waals surface area contributed by atoms with Crippen LogP contribution in [0.5, 0.6) is 0 Å². The Morgan fingerprint density at radius 1 is 1.24 bits per heavy atom. The predicted molar refractivity (Wildman–Crippen MR) is 61.9 cm³/mol. The fourth-order valence-corrected chi connectivity index (χ4v) is 1.67. The maximum absolute atomic E-state index is 10.3. The second-order valence-electron chi connectivity index (χ2n) is 2.89. The first-order chi connectivity index (χ1) is 8.15. The van der Waals surface area contributed by atoms with Crippen molar-refractivity contribution in [3.05, 3.63) is 32.9 Å². The van der Waals surface area contributed by atoms with Crippen molar-refractivity contribution in [1.29, 1.82) is 0 Å². The van der Waals surface area contributed by atoms with Crippen molar-refractivity contribution in [2.24, 2.45) is 0 Å². The molecular weight excluding hydrogens is 244 g/mol. The van der Waals surface area contributed by atoms with Crippen molar-refractivity contribution in [3.8, 4) is 0 Å². The molecule has 0 unspecified atom stereocenters. The number of thiophene rings is 1. The number of hydrogen-bond acceptors (Lipinski definition) is 8. The van der Waals surface area contributed by atoms with E-state index in [0.29, 0.717) is 5.00 Å². The van der Waals surface area contributed by atoms with Gasteiger partial charge in [0.05, 0.1) is 15.2 Å². The Morgan fingerprint density at radius 3 is 2.47 bits per heavy atom. The molecule has 17 heavy (non-hydrogen) atoms. The first-order valence-electron chi connectivity index (χ1n) is 4.40. The van der Waals surface area contributed by atoms with Gasteiger partial charge in [-0.1, -0.05) is 0 Å². The van der Waals surface area contributed by atoms with Gasteiger partial charge in [-0.25, -0.2) is 0 Å². The molecule has 2 rings (SSSR count). The Hall–Kier alpha value is -2.42. The fourth-order valence-electron chi connectivity index (χ4n) is 0.986. The molecule has 0 aliphatic carbocycles. The third kappa shape index (κ3) is 2.78. The van der Waals surface area contributed by atoms with Crippen molar-refractivity contribution >= 4 is 34.4 Å². The third-order valence-corrected chi connectivity index (χ3v) is 2.57. The topological polar surface area (TPSA) is 121 Å². The van der Waals surface area contributed by atoms with Crippen LogP contribution in [-0.4, -0.2) is 25.3 Å². The van der Waals surface area contributed by atoms with Crippen LogP contribution in [0.3, 0.4) is 0 Å². The highest BCUT2D eigenvalue weighted by Crippen LogP contribution is 2.19. The number of nitro groups is 1. The van der Waals surface area contributed by atoms with Crippen molar-refractivity contribution in [2.45, 2.75) is 0 Å². The molecule has 86 valence electrons. The summed E-state index contributed by atoms with van der Waals surface area (Å²) in [6, 6.07) is 3.61. The second kappa shape index (κ2) is 4.61. The molecule has 2 aromatic heterocycles. The van der Waals surface area contributed by atoms with Crippen LogP contribution in [-0.2, 0) is 0 Å². The van der Waals surface area contributed by atoms with E-state index in [1.54, 1.807) is 18.2 Å². The van der Waals surface area contributed by atoms with E-state index in [2.05, 4.69) is 20.4 Å². The van der Waals surface area contributed by atoms with Gasteiger partial charge in [0.1, 0.15) is 0 Å². The molecule has 0 aliphatic heterocycles. The van der Waals surface area contributed by atoms with Crippen LogP contribution in [0.1, 0.15) is 10.7 Å². The van der Waals surface area contributed by atoms with E-state index in [1.165, 1.54) is 11.3 Å². The van der Waals surface area contributed by atoms with Crippen LogP contribution in [0.2, 0.25) is 0 Å². The minimum atomic E-state index is -0.756. The zero-order valence-electron chi connectivity index (χ0n) is 8.35. The molecule has 2 N–H and O–H groups in total. The molecule has 0 aliphatic rings. The van der Waals surface area contributed by atoms with Gasteiger partial charge in [0, 0.05) is 4.88 Å². The Bertz CT molecular complexity index is 564. The molecule has 0 atom stereocenters. The van der Waals surface area contributed by atoms with Crippen LogP contribution in [0.4, 0.5) is 10.9 Å². The summed E-state index contributed by atoms with van der Waals surface area (Å²) in [5.74, 6) is -0.426. The minimum absolute atomic E-state index is 0.197. The Kier molecular flexibility index (Phi) is 3.01. The van der Waals surface area contributed by atoms with Crippen molar-refractivity contribution in [2.75, 3.05) is 5.73 Å². The van der Waals surface area contributed by atoms with E-state index in [0.717, 1.165) is 4.88 Å². The minimum Gasteiger partial charge on any atom is -0.391 e. The number of aromatic nitrogens is 4. The molecule has 0 aromatic carbocycles. The highest BCUT2D eigenvalue weighted by atomic mass is 32.1. The number of rotatable bonds is 3. The van der Waals surface area contributed by atoms with Gasteiger partial charge in [-0.15, -0.1) is 11.3 Å². The first-order valence-corrected chi connectivity index (χ1v) is 5.22. The van der Waals surface area contributed by atoms with Gasteiger partial charge in [0.25, 0.3) is 0 Å². The lowest BCUT2D eigenvalue weighted by atomic mass is 10.4. The lowest BCUT2D eigenvalue weighted by molar-refractivity contribution is -0.395. The van der Waals surface area contributed by atoms with Crippen LogP contribution in [0, 0.1) is 10.1 Å². The number of anilines is 1. The van der Waals surface area contributed by atoms with E-state index in [1.807, 2.05) is 6.07 Å². The molecule has 0 fully saturated rings. The number of nitrogen functional groups attached to an aromatic ring is 1.